The number of hydrogen-bond donors (Lipinski definition) is 3. The first-order chi connectivity index (χ1) is 30.5. The zero-order valence-corrected chi connectivity index (χ0v) is 41.6. The number of aliphatic hydroxyl groups excluding tert-OH is 2. The number of esters is 1. The van der Waals surface area contributed by atoms with Crippen LogP contribution >= 0.6 is 0 Å². The number of rotatable bonds is 51. The Morgan fingerprint density at radius 2 is 0.806 bits per heavy atom. The van der Waals surface area contributed by atoms with E-state index in [4.69, 9.17) is 4.74 Å². The number of nitrogens with one attached hydrogen (secondary N) is 1. The third-order valence-corrected chi connectivity index (χ3v) is 12.8. The summed E-state index contributed by atoms with van der Waals surface area (Å²) >= 11 is 0. The van der Waals surface area contributed by atoms with Crippen LogP contribution in [0.25, 0.3) is 0 Å². The Balaban J connectivity index is 3.48. The fraction of sp³-hybridized carbons (Fsp3) is 0.893. The van der Waals surface area contributed by atoms with Crippen molar-refractivity contribution in [2.75, 3.05) is 13.2 Å². The molecule has 0 aliphatic carbocycles. The Hall–Kier alpha value is -1.66. The molecule has 6 nitrogen and oxygen atoms in total. The van der Waals surface area contributed by atoms with Crippen molar-refractivity contribution in [2.24, 2.45) is 0 Å². The van der Waals surface area contributed by atoms with Gasteiger partial charge in [-0.2, -0.15) is 0 Å². The molecule has 0 saturated carbocycles. The second-order valence-electron chi connectivity index (χ2n) is 18.9. The largest absolute Gasteiger partial charge is 0.466 e. The Morgan fingerprint density at radius 1 is 0.452 bits per heavy atom. The first-order valence-electron chi connectivity index (χ1n) is 27.6. The normalized spacial score (nSPS) is 12.8. The van der Waals surface area contributed by atoms with E-state index in [1.165, 1.54) is 199 Å². The standard InChI is InChI=1S/C56H107NO5/c1-3-5-7-9-11-13-15-17-19-21-23-24-26-28-32-36-40-44-48-54(59)53(52-58)57-55(60)49-45-41-37-33-30-31-35-39-43-47-51-62-56(61)50-46-42-38-34-29-27-25-22-20-18-16-14-12-10-8-6-4-2/h12,14,18,20,53-54,58-59H,3-11,13,15-17,19,21-52H2,1-2H3,(H,57,60)/b14-12-,20-18-. The Morgan fingerprint density at radius 3 is 1.26 bits per heavy atom. The van der Waals surface area contributed by atoms with Crippen LogP contribution in [0.1, 0.15) is 296 Å². The lowest BCUT2D eigenvalue weighted by Crippen LogP contribution is -2.45. The van der Waals surface area contributed by atoms with Gasteiger partial charge in [0.1, 0.15) is 0 Å². The minimum Gasteiger partial charge on any atom is -0.466 e. The number of carbonyl (C=O) groups is 2. The number of carbonyl (C=O) groups excluding carboxylic acids is 2. The van der Waals surface area contributed by atoms with Crippen LogP contribution in [0.3, 0.4) is 0 Å². The van der Waals surface area contributed by atoms with Gasteiger partial charge in [-0.3, -0.25) is 9.59 Å². The number of unbranched alkanes of at least 4 members (excludes halogenated alkanes) is 36. The highest BCUT2D eigenvalue weighted by molar-refractivity contribution is 5.76. The van der Waals surface area contributed by atoms with E-state index in [9.17, 15) is 19.8 Å². The molecule has 2 atom stereocenters. The van der Waals surface area contributed by atoms with Crippen molar-refractivity contribution in [3.8, 4) is 0 Å². The van der Waals surface area contributed by atoms with Gasteiger partial charge >= 0.3 is 5.97 Å². The summed E-state index contributed by atoms with van der Waals surface area (Å²) in [6, 6.07) is -0.559. The van der Waals surface area contributed by atoms with Crippen molar-refractivity contribution < 1.29 is 24.5 Å². The summed E-state index contributed by atoms with van der Waals surface area (Å²) < 4.78 is 5.46. The maximum Gasteiger partial charge on any atom is 0.305 e. The van der Waals surface area contributed by atoms with Crippen LogP contribution < -0.4 is 5.32 Å². The highest BCUT2D eigenvalue weighted by Crippen LogP contribution is 2.17. The molecule has 3 N–H and O–H groups in total. The van der Waals surface area contributed by atoms with E-state index in [2.05, 4.69) is 43.5 Å². The van der Waals surface area contributed by atoms with E-state index in [1.807, 2.05) is 0 Å². The van der Waals surface area contributed by atoms with Crippen LogP contribution in [0, 0.1) is 0 Å². The summed E-state index contributed by atoms with van der Waals surface area (Å²) in [5.74, 6) is -0.0825. The fourth-order valence-corrected chi connectivity index (χ4v) is 8.49. The van der Waals surface area contributed by atoms with Gasteiger partial charge in [-0.1, -0.05) is 250 Å². The van der Waals surface area contributed by atoms with Gasteiger partial charge in [0, 0.05) is 12.8 Å². The molecule has 0 spiro atoms. The summed E-state index contributed by atoms with van der Waals surface area (Å²) in [5.41, 5.74) is 0. The molecule has 6 heteroatoms. The second-order valence-corrected chi connectivity index (χ2v) is 18.9. The molecule has 0 aromatic heterocycles. The molecule has 0 heterocycles. The van der Waals surface area contributed by atoms with Crippen molar-refractivity contribution in [3.63, 3.8) is 0 Å². The monoisotopic (exact) mass is 874 g/mol. The highest BCUT2D eigenvalue weighted by Gasteiger charge is 2.20. The fourth-order valence-electron chi connectivity index (χ4n) is 8.49. The zero-order chi connectivity index (χ0) is 45.1. The van der Waals surface area contributed by atoms with Crippen LogP contribution in [0.5, 0.6) is 0 Å². The van der Waals surface area contributed by atoms with Crippen molar-refractivity contribution in [3.05, 3.63) is 24.3 Å². The van der Waals surface area contributed by atoms with E-state index >= 15 is 0 Å². The minimum atomic E-state index is -0.680. The molecule has 0 fully saturated rings. The molecule has 0 radical (unpaired) electrons. The summed E-state index contributed by atoms with van der Waals surface area (Å²) in [5, 5.41) is 23.3. The predicted octanol–water partition coefficient (Wildman–Crippen LogP) is 16.7. The lowest BCUT2D eigenvalue weighted by Gasteiger charge is -2.22. The van der Waals surface area contributed by atoms with Crippen molar-refractivity contribution in [2.45, 2.75) is 309 Å². The van der Waals surface area contributed by atoms with Gasteiger partial charge in [-0.05, 0) is 57.8 Å². The van der Waals surface area contributed by atoms with E-state index in [0.717, 1.165) is 64.2 Å². The number of aliphatic hydroxyl groups is 2. The van der Waals surface area contributed by atoms with Crippen molar-refractivity contribution in [1.82, 2.24) is 5.32 Å². The molecule has 2 unspecified atom stereocenters. The SMILES string of the molecule is CCCCC/C=C\C/C=C\CCCCCCCCCC(=O)OCCCCCCCCCCCCC(=O)NC(CO)C(O)CCCCCCCCCCCCCCCCCCCC. The third-order valence-electron chi connectivity index (χ3n) is 12.8. The molecule has 366 valence electrons. The average Bonchev–Trinajstić information content (AvgIpc) is 3.27. The van der Waals surface area contributed by atoms with Crippen LogP contribution in [0.4, 0.5) is 0 Å². The molecule has 0 bridgehead atoms. The highest BCUT2D eigenvalue weighted by atomic mass is 16.5. The van der Waals surface area contributed by atoms with Crippen LogP contribution in [-0.2, 0) is 14.3 Å². The lowest BCUT2D eigenvalue weighted by molar-refractivity contribution is -0.143. The van der Waals surface area contributed by atoms with Crippen molar-refractivity contribution in [1.29, 1.82) is 0 Å². The lowest BCUT2D eigenvalue weighted by atomic mass is 10.0. The van der Waals surface area contributed by atoms with Gasteiger partial charge in [-0.25, -0.2) is 0 Å². The Bertz CT molecular complexity index is 966. The van der Waals surface area contributed by atoms with E-state index in [0.29, 0.717) is 25.9 Å². The van der Waals surface area contributed by atoms with E-state index < -0.39 is 12.1 Å². The first kappa shape index (κ1) is 60.3. The van der Waals surface area contributed by atoms with Crippen LogP contribution in [-0.4, -0.2) is 47.4 Å². The molecule has 1 amide bonds. The molecule has 0 aliphatic heterocycles. The Labute approximate surface area is 386 Å². The van der Waals surface area contributed by atoms with E-state index in [-0.39, 0.29) is 18.5 Å². The maximum absolute atomic E-state index is 12.5. The molecular formula is C56H107NO5. The number of ether oxygens (including phenoxy) is 1. The molecule has 62 heavy (non-hydrogen) atoms. The third kappa shape index (κ3) is 47.8. The van der Waals surface area contributed by atoms with Gasteiger partial charge in [0.2, 0.25) is 5.91 Å². The number of amides is 1. The molecular weight excluding hydrogens is 767 g/mol. The average molecular weight is 874 g/mol. The van der Waals surface area contributed by atoms with Gasteiger partial charge in [0.05, 0.1) is 25.4 Å². The minimum absolute atomic E-state index is 0.0260. The topological polar surface area (TPSA) is 95.9 Å². The number of allylic oxidation sites excluding steroid dienone is 4. The molecule has 0 rings (SSSR count). The van der Waals surface area contributed by atoms with Gasteiger partial charge < -0.3 is 20.3 Å². The number of hydrogen-bond acceptors (Lipinski definition) is 5. The van der Waals surface area contributed by atoms with Crippen LogP contribution in [0.2, 0.25) is 0 Å². The Kier molecular flexibility index (Phi) is 50.6. The predicted molar refractivity (Wildman–Crippen MR) is 269 cm³/mol. The molecule has 0 aromatic carbocycles. The van der Waals surface area contributed by atoms with Gasteiger partial charge in [-0.15, -0.1) is 0 Å². The maximum atomic E-state index is 12.5. The molecule has 0 aromatic rings. The molecule has 0 aliphatic rings. The quantitative estimate of drug-likeness (QED) is 0.0321. The summed E-state index contributed by atoms with van der Waals surface area (Å²) in [4.78, 5) is 24.5. The van der Waals surface area contributed by atoms with Gasteiger partial charge in [0.15, 0.2) is 0 Å². The smallest absolute Gasteiger partial charge is 0.305 e. The zero-order valence-electron chi connectivity index (χ0n) is 41.6. The van der Waals surface area contributed by atoms with Gasteiger partial charge in [0.25, 0.3) is 0 Å². The summed E-state index contributed by atoms with van der Waals surface area (Å²) in [7, 11) is 0. The second kappa shape index (κ2) is 52.0. The molecule has 0 saturated heterocycles. The summed E-state index contributed by atoms with van der Waals surface area (Å²) in [6.45, 7) is 4.89. The first-order valence-corrected chi connectivity index (χ1v) is 27.6. The van der Waals surface area contributed by atoms with Crippen molar-refractivity contribution >= 4 is 11.9 Å². The van der Waals surface area contributed by atoms with E-state index in [1.54, 1.807) is 0 Å². The summed E-state index contributed by atoms with van der Waals surface area (Å²) in [6.07, 6.45) is 61.5. The van der Waals surface area contributed by atoms with Crippen LogP contribution in [0.15, 0.2) is 24.3 Å².